The molecule has 2 aromatic rings. The van der Waals surface area contributed by atoms with E-state index in [-0.39, 0.29) is 17.7 Å². The van der Waals surface area contributed by atoms with Crippen LogP contribution < -0.4 is 16.0 Å². The first-order valence-corrected chi connectivity index (χ1v) is 13.4. The number of amides is 4. The van der Waals surface area contributed by atoms with Crippen LogP contribution in [0.5, 0.6) is 5.75 Å². The summed E-state index contributed by atoms with van der Waals surface area (Å²) in [6, 6.07) is 11.0. The van der Waals surface area contributed by atoms with Crippen LogP contribution in [0.3, 0.4) is 0 Å². The minimum absolute atomic E-state index is 0.0412. The van der Waals surface area contributed by atoms with Crippen LogP contribution in [-0.4, -0.2) is 88.8 Å². The zero-order chi connectivity index (χ0) is 29.0. The van der Waals surface area contributed by atoms with Gasteiger partial charge in [-0.1, -0.05) is 49.4 Å². The van der Waals surface area contributed by atoms with Crippen molar-refractivity contribution in [1.29, 1.82) is 0 Å². The first-order chi connectivity index (χ1) is 19.1. The van der Waals surface area contributed by atoms with E-state index >= 15 is 0 Å². The van der Waals surface area contributed by atoms with E-state index in [2.05, 4.69) is 16.0 Å². The number of ether oxygens (including phenoxy) is 1. The molecule has 2 fully saturated rings. The van der Waals surface area contributed by atoms with Crippen molar-refractivity contribution < 1.29 is 34.1 Å². The summed E-state index contributed by atoms with van der Waals surface area (Å²) in [6.07, 6.45) is -1.08. The van der Waals surface area contributed by atoms with Gasteiger partial charge < -0.3 is 35.8 Å². The maximum atomic E-state index is 13.7. The van der Waals surface area contributed by atoms with Crippen LogP contribution >= 0.6 is 0 Å². The molecule has 2 heterocycles. The Morgan fingerprint density at radius 2 is 1.68 bits per heavy atom. The van der Waals surface area contributed by atoms with Crippen molar-refractivity contribution >= 4 is 23.6 Å². The molecule has 2 aliphatic heterocycles. The van der Waals surface area contributed by atoms with Gasteiger partial charge in [0.25, 0.3) is 5.91 Å². The van der Waals surface area contributed by atoms with Gasteiger partial charge in [0, 0.05) is 13.7 Å². The highest BCUT2D eigenvalue weighted by Gasteiger charge is 2.44. The summed E-state index contributed by atoms with van der Waals surface area (Å²) in [7, 11) is 1.50. The van der Waals surface area contributed by atoms with Crippen molar-refractivity contribution in [3.8, 4) is 5.75 Å². The third kappa shape index (κ3) is 6.26. The number of rotatable bonds is 5. The Morgan fingerprint density at radius 1 is 1.02 bits per heavy atom. The number of phenols is 1. The molecule has 2 unspecified atom stereocenters. The number of para-hydroxylation sites is 1. The lowest BCUT2D eigenvalue weighted by molar-refractivity contribution is -0.159. The van der Waals surface area contributed by atoms with Gasteiger partial charge in [0.2, 0.25) is 17.7 Å². The number of aromatic hydroxyl groups is 1. The average Bonchev–Trinajstić information content (AvgIpc) is 2.91. The lowest BCUT2D eigenvalue weighted by atomic mass is 9.90. The molecule has 4 amide bonds. The molecular weight excluding hydrogens is 516 g/mol. The Hall–Kier alpha value is -3.96. The largest absolute Gasteiger partial charge is 0.507 e. The summed E-state index contributed by atoms with van der Waals surface area (Å²) in [4.78, 5) is 55.0. The quantitative estimate of drug-likeness (QED) is 0.358. The number of likely N-dealkylation sites (N-methyl/N-ethyl adjacent to an activating group) is 1. The van der Waals surface area contributed by atoms with Gasteiger partial charge in [-0.15, -0.1) is 0 Å². The van der Waals surface area contributed by atoms with E-state index in [1.165, 1.54) is 24.1 Å². The molecule has 4 rings (SSSR count). The number of benzene rings is 2. The molecule has 0 bridgehead atoms. The first kappa shape index (κ1) is 29.0. The van der Waals surface area contributed by atoms with E-state index in [0.717, 1.165) is 5.56 Å². The SMILES string of the molecule is C[C@H]1NC(=O)C(C2CCO2)N(C)C(=O)[C@H](C)[C@H](O)[C@H](Cc2ccccc2)NC(=O)[C@H]1NC(=O)c1ccccc1O. The van der Waals surface area contributed by atoms with Crippen LogP contribution in [-0.2, 0) is 25.5 Å². The Kier molecular flexibility index (Phi) is 9.06. The number of aliphatic hydroxyl groups excluding tert-OH is 1. The molecule has 11 heteroatoms. The molecule has 0 spiro atoms. The zero-order valence-electron chi connectivity index (χ0n) is 22.7. The summed E-state index contributed by atoms with van der Waals surface area (Å²) in [6.45, 7) is 3.56. The van der Waals surface area contributed by atoms with Crippen molar-refractivity contribution in [3.05, 3.63) is 65.7 Å². The van der Waals surface area contributed by atoms with Crippen molar-refractivity contribution in [2.45, 2.75) is 63.1 Å². The number of hydrogen-bond acceptors (Lipinski definition) is 7. The molecule has 0 aromatic heterocycles. The Balaban J connectivity index is 1.70. The van der Waals surface area contributed by atoms with Crippen LogP contribution in [0.2, 0.25) is 0 Å². The van der Waals surface area contributed by atoms with Gasteiger partial charge in [0.15, 0.2) is 0 Å². The number of hydrogen-bond donors (Lipinski definition) is 5. The van der Waals surface area contributed by atoms with Crippen LogP contribution in [0, 0.1) is 5.92 Å². The molecule has 2 saturated heterocycles. The zero-order valence-corrected chi connectivity index (χ0v) is 22.7. The third-order valence-corrected chi connectivity index (χ3v) is 7.65. The Morgan fingerprint density at radius 3 is 2.30 bits per heavy atom. The van der Waals surface area contributed by atoms with Crippen LogP contribution in [0.25, 0.3) is 0 Å². The highest BCUT2D eigenvalue weighted by atomic mass is 16.5. The van der Waals surface area contributed by atoms with E-state index in [1.807, 2.05) is 30.3 Å². The predicted molar refractivity (Wildman–Crippen MR) is 145 cm³/mol. The molecule has 0 aliphatic carbocycles. The monoisotopic (exact) mass is 552 g/mol. The maximum Gasteiger partial charge on any atom is 0.255 e. The molecule has 214 valence electrons. The van der Waals surface area contributed by atoms with Crippen molar-refractivity contribution in [3.63, 3.8) is 0 Å². The smallest absolute Gasteiger partial charge is 0.255 e. The standard InChI is InChI=1S/C29H36N4O7/c1-16-25(35)20(15-18-9-5-4-6-10-18)31-27(37)23(32-26(36)19-11-7-8-12-21(19)34)17(2)30-28(38)24(22-13-14-40-22)33(3)29(16)39/h4-12,16-17,20,22-25,34-35H,13-15H2,1-3H3,(H,30,38)(H,31,37)(H,32,36)/t16-,17-,20+,22?,23+,24?,25+/m1/s1. The second-order valence-corrected chi connectivity index (χ2v) is 10.4. The van der Waals surface area contributed by atoms with Gasteiger partial charge in [-0.3, -0.25) is 19.2 Å². The van der Waals surface area contributed by atoms with Crippen LogP contribution in [0.4, 0.5) is 0 Å². The summed E-state index contributed by atoms with van der Waals surface area (Å²) in [5.74, 6) is -3.63. The van der Waals surface area contributed by atoms with Crippen LogP contribution in [0.1, 0.15) is 36.2 Å². The topological polar surface area (TPSA) is 157 Å². The van der Waals surface area contributed by atoms with E-state index < -0.39 is 65.9 Å². The fourth-order valence-corrected chi connectivity index (χ4v) is 5.14. The van der Waals surface area contributed by atoms with Crippen molar-refractivity contribution in [2.75, 3.05) is 13.7 Å². The molecule has 7 atom stereocenters. The van der Waals surface area contributed by atoms with E-state index in [0.29, 0.717) is 13.0 Å². The number of nitrogens with zero attached hydrogens (tertiary/aromatic N) is 1. The fourth-order valence-electron chi connectivity index (χ4n) is 5.14. The predicted octanol–water partition coefficient (Wildman–Crippen LogP) is 0.349. The van der Waals surface area contributed by atoms with Crippen LogP contribution in [0.15, 0.2) is 54.6 Å². The minimum Gasteiger partial charge on any atom is -0.507 e. The lowest BCUT2D eigenvalue weighted by Gasteiger charge is -2.41. The number of carbonyl (C=O) groups excluding carboxylic acids is 4. The molecular formula is C29H36N4O7. The first-order valence-electron chi connectivity index (χ1n) is 13.4. The number of nitrogens with one attached hydrogen (secondary N) is 3. The second-order valence-electron chi connectivity index (χ2n) is 10.4. The molecule has 0 saturated carbocycles. The number of phenolic OH excluding ortho intramolecular Hbond substituents is 1. The molecule has 0 radical (unpaired) electrons. The van der Waals surface area contributed by atoms with Gasteiger partial charge in [0.05, 0.1) is 35.8 Å². The minimum atomic E-state index is -1.31. The Bertz CT molecular complexity index is 1240. The van der Waals surface area contributed by atoms with Gasteiger partial charge in [-0.2, -0.15) is 0 Å². The lowest BCUT2D eigenvalue weighted by Crippen LogP contribution is -2.66. The normalized spacial score (nSPS) is 29.8. The van der Waals surface area contributed by atoms with E-state index in [1.54, 1.807) is 26.0 Å². The van der Waals surface area contributed by atoms with E-state index in [9.17, 15) is 29.4 Å². The van der Waals surface area contributed by atoms with Crippen molar-refractivity contribution in [2.24, 2.45) is 5.92 Å². The second kappa shape index (κ2) is 12.5. The van der Waals surface area contributed by atoms with Gasteiger partial charge in [-0.05, 0) is 37.5 Å². The summed E-state index contributed by atoms with van der Waals surface area (Å²) in [5.41, 5.74) is 0.782. The average molecular weight is 553 g/mol. The van der Waals surface area contributed by atoms with Gasteiger partial charge in [0.1, 0.15) is 17.8 Å². The highest BCUT2D eigenvalue weighted by Crippen LogP contribution is 2.24. The summed E-state index contributed by atoms with van der Waals surface area (Å²) in [5, 5.41) is 29.8. The van der Waals surface area contributed by atoms with Crippen molar-refractivity contribution in [1.82, 2.24) is 20.9 Å². The molecule has 2 aromatic carbocycles. The van der Waals surface area contributed by atoms with Gasteiger partial charge >= 0.3 is 0 Å². The molecule has 11 nitrogen and oxygen atoms in total. The fraction of sp³-hybridized carbons (Fsp3) is 0.448. The third-order valence-electron chi connectivity index (χ3n) is 7.65. The maximum absolute atomic E-state index is 13.7. The highest BCUT2D eigenvalue weighted by molar-refractivity contribution is 6.00. The molecule has 5 N–H and O–H groups in total. The number of carbonyl (C=O) groups is 4. The summed E-state index contributed by atoms with van der Waals surface area (Å²) < 4.78 is 5.57. The summed E-state index contributed by atoms with van der Waals surface area (Å²) >= 11 is 0. The molecule has 2 aliphatic rings. The molecule has 40 heavy (non-hydrogen) atoms. The Labute approximate surface area is 232 Å². The van der Waals surface area contributed by atoms with Gasteiger partial charge in [-0.25, -0.2) is 0 Å². The number of aliphatic hydroxyl groups is 1. The van der Waals surface area contributed by atoms with E-state index in [4.69, 9.17) is 4.74 Å².